The molecule has 1 aliphatic heterocycles. The molecule has 1 aliphatic rings. The Balaban J connectivity index is 2.13. The number of hydrogen-bond donors (Lipinski definition) is 1. The van der Waals surface area contributed by atoms with Crippen molar-refractivity contribution in [3.05, 3.63) is 16.6 Å². The molecule has 2 rings (SSSR count). The van der Waals surface area contributed by atoms with Gasteiger partial charge in [-0.2, -0.15) is 16.8 Å². The molecule has 2 heterocycles. The van der Waals surface area contributed by atoms with Gasteiger partial charge in [-0.15, -0.1) is 0 Å². The molecule has 0 atom stereocenters. The molecule has 0 amide bonds. The lowest BCUT2D eigenvalue weighted by atomic mass is 10.6. The summed E-state index contributed by atoms with van der Waals surface area (Å²) in [4.78, 5) is 12.3. The van der Waals surface area contributed by atoms with Crippen molar-refractivity contribution in [1.82, 2.24) is 5.27 Å². The Morgan fingerprint density at radius 2 is 2.33 bits per heavy atom. The largest absolute Gasteiger partial charge is 0.430 e. The maximum absolute atomic E-state index is 10.7. The number of aromatic amines is 1. The molecule has 6 heteroatoms. The molecule has 12 heavy (non-hydrogen) atoms. The molecule has 0 aromatic carbocycles. The van der Waals surface area contributed by atoms with Crippen LogP contribution in [0.1, 0.15) is 0 Å². The fourth-order valence-electron chi connectivity index (χ4n) is 1.15. The zero-order valence-electron chi connectivity index (χ0n) is 6.52. The molecule has 0 saturated carbocycles. The van der Waals surface area contributed by atoms with Gasteiger partial charge < -0.3 is 0 Å². The van der Waals surface area contributed by atoms with E-state index in [4.69, 9.17) is 0 Å². The van der Waals surface area contributed by atoms with E-state index in [1.165, 1.54) is 6.20 Å². The summed E-state index contributed by atoms with van der Waals surface area (Å²) in [5.74, 6) is 2.19. The molecule has 0 bridgehead atoms. The average molecular weight is 188 g/mol. The van der Waals surface area contributed by atoms with Gasteiger partial charge in [0, 0.05) is 21.6 Å². The number of hydrogen-bond acceptors (Lipinski definition) is 4. The Hall–Kier alpha value is -0.910. The van der Waals surface area contributed by atoms with Gasteiger partial charge in [0.1, 0.15) is 0 Å². The van der Waals surface area contributed by atoms with Crippen LogP contribution in [0.2, 0.25) is 0 Å². The summed E-state index contributed by atoms with van der Waals surface area (Å²) in [7, 11) is 0. The predicted octanol–water partition coefficient (Wildman–Crippen LogP) is -1.06. The van der Waals surface area contributed by atoms with Crippen molar-refractivity contribution in [3.8, 4) is 0 Å². The molecule has 0 unspecified atom stereocenters. The fourth-order valence-corrected chi connectivity index (χ4v) is 2.04. The Morgan fingerprint density at radius 1 is 1.58 bits per heavy atom. The van der Waals surface area contributed by atoms with Crippen LogP contribution in [0, 0.1) is 0 Å². The molecule has 0 radical (unpaired) electrons. The average Bonchev–Trinajstić information content (AvgIpc) is 2.54. The van der Waals surface area contributed by atoms with E-state index < -0.39 is 0 Å². The zero-order chi connectivity index (χ0) is 8.39. The minimum absolute atomic E-state index is 0.340. The highest BCUT2D eigenvalue weighted by atomic mass is 32.2. The molecule has 1 aromatic rings. The van der Waals surface area contributed by atoms with Crippen LogP contribution in [0.4, 0.5) is 0 Å². The van der Waals surface area contributed by atoms with Crippen LogP contribution in [0.25, 0.3) is 0 Å². The number of thioether (sulfide) groups is 1. The van der Waals surface area contributed by atoms with E-state index in [9.17, 15) is 4.79 Å². The van der Waals surface area contributed by atoms with Gasteiger partial charge in [0.2, 0.25) is 0 Å². The lowest BCUT2D eigenvalue weighted by Crippen LogP contribution is -2.62. The second kappa shape index (κ2) is 3.22. The molecule has 1 saturated heterocycles. The third-order valence-electron chi connectivity index (χ3n) is 1.76. The van der Waals surface area contributed by atoms with Crippen molar-refractivity contribution < 1.29 is 9.31 Å². The van der Waals surface area contributed by atoms with Gasteiger partial charge in [0.15, 0.2) is 0 Å². The van der Waals surface area contributed by atoms with Crippen LogP contribution < -0.4 is 15.4 Å². The Bertz CT molecular complexity index is 302. The van der Waals surface area contributed by atoms with Gasteiger partial charge in [0.05, 0.1) is 13.1 Å². The minimum atomic E-state index is -0.340. The molecule has 1 N–H and O–H groups in total. The minimum Gasteiger partial charge on any atom is -0.281 e. The van der Waals surface area contributed by atoms with Crippen LogP contribution in [0.5, 0.6) is 0 Å². The second-order valence-electron chi connectivity index (χ2n) is 2.55. The van der Waals surface area contributed by atoms with Gasteiger partial charge in [-0.1, -0.05) is 0 Å². The summed E-state index contributed by atoms with van der Waals surface area (Å²) in [5.41, 5.74) is -0.340. The first kappa shape index (κ1) is 7.72. The predicted molar refractivity (Wildman–Crippen MR) is 44.8 cm³/mol. The summed E-state index contributed by atoms with van der Waals surface area (Å²) in [6, 6.07) is 0. The first-order valence-electron chi connectivity index (χ1n) is 3.79. The number of rotatable bonds is 1. The van der Waals surface area contributed by atoms with E-state index >= 15 is 0 Å². The highest BCUT2D eigenvalue weighted by Gasteiger charge is 2.19. The summed E-state index contributed by atoms with van der Waals surface area (Å²) >= 11 is 1.92. The van der Waals surface area contributed by atoms with Gasteiger partial charge >= 0.3 is 11.8 Å². The van der Waals surface area contributed by atoms with Crippen LogP contribution in [-0.4, -0.2) is 29.9 Å². The van der Waals surface area contributed by atoms with E-state index in [-0.39, 0.29) is 5.63 Å². The van der Waals surface area contributed by atoms with Crippen LogP contribution in [0.3, 0.4) is 0 Å². The van der Waals surface area contributed by atoms with Crippen molar-refractivity contribution in [1.29, 1.82) is 0 Å². The second-order valence-corrected chi connectivity index (χ2v) is 3.78. The van der Waals surface area contributed by atoms with E-state index in [0.29, 0.717) is 0 Å². The fraction of sp³-hybridized carbons (Fsp3) is 0.667. The normalized spacial score (nSPS) is 18.2. The van der Waals surface area contributed by atoms with Gasteiger partial charge in [-0.05, 0) is 0 Å². The SMILES string of the molecule is O=c1c[n+](N2CCSCC2)[nH]o1. The standard InChI is InChI=1S/C6H9N3O2S/c10-6-5-9(7-11-6)8-1-3-12-4-2-8/h5H,1-4H2/p+1. The summed E-state index contributed by atoms with van der Waals surface area (Å²) < 4.78 is 4.55. The maximum Gasteiger partial charge on any atom is 0.430 e. The first-order chi connectivity index (χ1) is 5.86. The van der Waals surface area contributed by atoms with Gasteiger partial charge in [-0.25, -0.2) is 4.79 Å². The van der Waals surface area contributed by atoms with E-state index in [1.807, 2.05) is 16.8 Å². The van der Waals surface area contributed by atoms with E-state index in [2.05, 4.69) is 9.79 Å². The van der Waals surface area contributed by atoms with Crippen LogP contribution >= 0.6 is 11.8 Å². The van der Waals surface area contributed by atoms with Gasteiger partial charge in [0.25, 0.3) is 0 Å². The quantitative estimate of drug-likeness (QED) is 0.571. The molecule has 1 fully saturated rings. The number of nitrogens with zero attached hydrogens (tertiary/aromatic N) is 2. The molecule has 0 aliphatic carbocycles. The lowest BCUT2D eigenvalue weighted by molar-refractivity contribution is -0.758. The lowest BCUT2D eigenvalue weighted by Gasteiger charge is -2.18. The summed E-state index contributed by atoms with van der Waals surface area (Å²) in [6.45, 7) is 1.90. The Kier molecular flexibility index (Phi) is 2.07. The highest BCUT2D eigenvalue weighted by Crippen LogP contribution is 2.04. The number of H-pyrrole nitrogens is 1. The number of aromatic nitrogens is 2. The van der Waals surface area contributed by atoms with Crippen molar-refractivity contribution in [2.45, 2.75) is 0 Å². The summed E-state index contributed by atoms with van der Waals surface area (Å²) in [5, 5.41) is 4.56. The molecule has 66 valence electrons. The Labute approximate surface area is 73.3 Å². The zero-order valence-corrected chi connectivity index (χ0v) is 7.34. The maximum atomic E-state index is 10.7. The van der Waals surface area contributed by atoms with Crippen LogP contribution in [0.15, 0.2) is 15.5 Å². The Morgan fingerprint density at radius 3 is 2.92 bits per heavy atom. The van der Waals surface area contributed by atoms with E-state index in [1.54, 1.807) is 4.79 Å². The third-order valence-corrected chi connectivity index (χ3v) is 2.70. The van der Waals surface area contributed by atoms with Crippen LogP contribution in [-0.2, 0) is 0 Å². The summed E-state index contributed by atoms with van der Waals surface area (Å²) in [6.07, 6.45) is 1.41. The van der Waals surface area contributed by atoms with Crippen molar-refractivity contribution in [3.63, 3.8) is 0 Å². The third kappa shape index (κ3) is 1.47. The van der Waals surface area contributed by atoms with Gasteiger partial charge in [-0.3, -0.25) is 4.52 Å². The molecular weight excluding hydrogens is 178 g/mol. The molecule has 5 nitrogen and oxygen atoms in total. The van der Waals surface area contributed by atoms with Crippen molar-refractivity contribution in [2.75, 3.05) is 29.6 Å². The smallest absolute Gasteiger partial charge is 0.281 e. The topological polar surface area (TPSA) is 53.1 Å². The van der Waals surface area contributed by atoms with E-state index in [0.717, 1.165) is 24.6 Å². The monoisotopic (exact) mass is 188 g/mol. The highest BCUT2D eigenvalue weighted by molar-refractivity contribution is 7.99. The number of nitrogens with one attached hydrogen (secondary N) is 1. The van der Waals surface area contributed by atoms with Crippen molar-refractivity contribution in [2.24, 2.45) is 0 Å². The molecule has 1 aromatic heterocycles. The first-order valence-corrected chi connectivity index (χ1v) is 4.95. The van der Waals surface area contributed by atoms with Crippen molar-refractivity contribution >= 4 is 11.8 Å². The molecular formula is C6H10N3O2S+. The molecule has 0 spiro atoms.